The van der Waals surface area contributed by atoms with Gasteiger partial charge in [0.2, 0.25) is 5.89 Å². The minimum absolute atomic E-state index is 0.447. The Bertz CT molecular complexity index is 249. The maximum absolute atomic E-state index is 5.02. The van der Waals surface area contributed by atoms with Crippen LogP contribution in [-0.4, -0.2) is 22.4 Å². The first-order valence-electron chi connectivity index (χ1n) is 4.26. The molecule has 13 heavy (non-hydrogen) atoms. The molecular weight excluding hydrogens is 186 g/mol. The molecule has 1 aromatic heterocycles. The summed E-state index contributed by atoms with van der Waals surface area (Å²) in [7, 11) is 0. The SMILES string of the molecule is CSCc1nc(CNC(C)C)no1. The molecule has 0 saturated heterocycles. The molecule has 0 saturated carbocycles. The zero-order chi connectivity index (χ0) is 9.68. The molecule has 0 spiro atoms. The molecule has 0 unspecified atom stereocenters. The first kappa shape index (κ1) is 10.5. The summed E-state index contributed by atoms with van der Waals surface area (Å²) < 4.78 is 5.02. The molecule has 0 aliphatic heterocycles. The highest BCUT2D eigenvalue weighted by molar-refractivity contribution is 7.97. The molecule has 74 valence electrons. The van der Waals surface area contributed by atoms with Crippen molar-refractivity contribution >= 4 is 11.8 Å². The Morgan fingerprint density at radius 3 is 2.92 bits per heavy atom. The van der Waals surface area contributed by atoms with Crippen LogP contribution in [0.4, 0.5) is 0 Å². The van der Waals surface area contributed by atoms with E-state index in [2.05, 4.69) is 29.3 Å². The normalized spacial score (nSPS) is 11.1. The first-order valence-corrected chi connectivity index (χ1v) is 5.65. The summed E-state index contributed by atoms with van der Waals surface area (Å²) in [5.41, 5.74) is 0. The number of hydrogen-bond acceptors (Lipinski definition) is 5. The fraction of sp³-hybridized carbons (Fsp3) is 0.750. The number of nitrogens with one attached hydrogen (secondary N) is 1. The van der Waals surface area contributed by atoms with Gasteiger partial charge in [-0.05, 0) is 6.26 Å². The van der Waals surface area contributed by atoms with E-state index in [1.54, 1.807) is 11.8 Å². The van der Waals surface area contributed by atoms with Gasteiger partial charge in [-0.2, -0.15) is 16.7 Å². The molecule has 0 amide bonds. The van der Waals surface area contributed by atoms with E-state index in [1.807, 2.05) is 6.26 Å². The van der Waals surface area contributed by atoms with Gasteiger partial charge in [0.1, 0.15) is 0 Å². The third kappa shape index (κ3) is 3.78. The van der Waals surface area contributed by atoms with Gasteiger partial charge in [0.05, 0.1) is 12.3 Å². The maximum Gasteiger partial charge on any atom is 0.236 e. The minimum atomic E-state index is 0.447. The van der Waals surface area contributed by atoms with Crippen LogP contribution in [0.2, 0.25) is 0 Å². The fourth-order valence-corrected chi connectivity index (χ4v) is 1.20. The van der Waals surface area contributed by atoms with Crippen LogP contribution in [-0.2, 0) is 12.3 Å². The lowest BCUT2D eigenvalue weighted by molar-refractivity contribution is 0.382. The molecular formula is C8H15N3OS. The van der Waals surface area contributed by atoms with Crippen LogP contribution >= 0.6 is 11.8 Å². The molecule has 0 aliphatic rings. The van der Waals surface area contributed by atoms with E-state index in [1.165, 1.54) is 0 Å². The van der Waals surface area contributed by atoms with E-state index in [4.69, 9.17) is 4.52 Å². The summed E-state index contributed by atoms with van der Waals surface area (Å²) in [6.07, 6.45) is 2.01. The summed E-state index contributed by atoms with van der Waals surface area (Å²) in [6, 6.07) is 0.447. The third-order valence-electron chi connectivity index (χ3n) is 1.45. The molecule has 0 aromatic carbocycles. The smallest absolute Gasteiger partial charge is 0.236 e. The Morgan fingerprint density at radius 1 is 1.54 bits per heavy atom. The van der Waals surface area contributed by atoms with E-state index in [-0.39, 0.29) is 0 Å². The predicted molar refractivity (Wildman–Crippen MR) is 53.5 cm³/mol. The zero-order valence-corrected chi connectivity index (χ0v) is 9.02. The van der Waals surface area contributed by atoms with Gasteiger partial charge in [-0.1, -0.05) is 19.0 Å². The highest BCUT2D eigenvalue weighted by Crippen LogP contribution is 2.05. The van der Waals surface area contributed by atoms with Crippen LogP contribution in [0.3, 0.4) is 0 Å². The highest BCUT2D eigenvalue weighted by Gasteiger charge is 2.04. The summed E-state index contributed by atoms with van der Waals surface area (Å²) >= 11 is 1.68. The second kappa shape index (κ2) is 5.24. The van der Waals surface area contributed by atoms with Crippen molar-refractivity contribution < 1.29 is 4.52 Å². The van der Waals surface area contributed by atoms with Gasteiger partial charge in [-0.25, -0.2) is 0 Å². The summed E-state index contributed by atoms with van der Waals surface area (Å²) in [5, 5.41) is 7.07. The van der Waals surface area contributed by atoms with Gasteiger partial charge in [0, 0.05) is 6.04 Å². The quantitative estimate of drug-likeness (QED) is 0.781. The average Bonchev–Trinajstić information content (AvgIpc) is 2.50. The summed E-state index contributed by atoms with van der Waals surface area (Å²) in [4.78, 5) is 4.21. The van der Waals surface area contributed by atoms with E-state index >= 15 is 0 Å². The number of nitrogens with zero attached hydrogens (tertiary/aromatic N) is 2. The standard InChI is InChI=1S/C8H15N3OS/c1-6(2)9-4-7-10-8(5-13-3)12-11-7/h6,9H,4-5H2,1-3H3. The lowest BCUT2D eigenvalue weighted by atomic mass is 10.4. The molecule has 1 heterocycles. The fourth-order valence-electron chi connectivity index (χ4n) is 0.839. The maximum atomic E-state index is 5.02. The second-order valence-corrected chi connectivity index (χ2v) is 3.94. The van der Waals surface area contributed by atoms with Crippen LogP contribution in [0.1, 0.15) is 25.6 Å². The monoisotopic (exact) mass is 201 g/mol. The van der Waals surface area contributed by atoms with Gasteiger partial charge in [0.15, 0.2) is 5.82 Å². The molecule has 4 nitrogen and oxygen atoms in total. The molecule has 0 radical (unpaired) electrons. The van der Waals surface area contributed by atoms with Gasteiger partial charge in [0.25, 0.3) is 0 Å². The molecule has 1 rings (SSSR count). The van der Waals surface area contributed by atoms with Gasteiger partial charge < -0.3 is 9.84 Å². The van der Waals surface area contributed by atoms with Gasteiger partial charge in [-0.3, -0.25) is 0 Å². The topological polar surface area (TPSA) is 51.0 Å². The van der Waals surface area contributed by atoms with Crippen molar-refractivity contribution in [2.75, 3.05) is 6.26 Å². The number of thioether (sulfide) groups is 1. The molecule has 0 atom stereocenters. The van der Waals surface area contributed by atoms with Gasteiger partial charge in [-0.15, -0.1) is 0 Å². The molecule has 1 aromatic rings. The van der Waals surface area contributed by atoms with Crippen molar-refractivity contribution in [3.8, 4) is 0 Å². The number of aromatic nitrogens is 2. The minimum Gasteiger partial charge on any atom is -0.338 e. The van der Waals surface area contributed by atoms with Crippen LogP contribution in [0, 0.1) is 0 Å². The molecule has 0 fully saturated rings. The van der Waals surface area contributed by atoms with Crippen LogP contribution in [0.5, 0.6) is 0 Å². The first-order chi connectivity index (χ1) is 6.22. The van der Waals surface area contributed by atoms with E-state index < -0.39 is 0 Å². The van der Waals surface area contributed by atoms with Crippen molar-refractivity contribution in [1.82, 2.24) is 15.5 Å². The molecule has 0 aliphatic carbocycles. The third-order valence-corrected chi connectivity index (χ3v) is 1.98. The predicted octanol–water partition coefficient (Wildman–Crippen LogP) is 1.43. The Hall–Kier alpha value is -0.550. The lowest BCUT2D eigenvalue weighted by Gasteiger charge is -2.02. The van der Waals surface area contributed by atoms with E-state index in [0.29, 0.717) is 18.5 Å². The number of hydrogen-bond donors (Lipinski definition) is 1. The summed E-state index contributed by atoms with van der Waals surface area (Å²) in [5.74, 6) is 2.22. The Labute approximate surface area is 82.5 Å². The lowest BCUT2D eigenvalue weighted by Crippen LogP contribution is -2.22. The van der Waals surface area contributed by atoms with Crippen LogP contribution < -0.4 is 5.32 Å². The molecule has 0 bridgehead atoms. The highest BCUT2D eigenvalue weighted by atomic mass is 32.2. The largest absolute Gasteiger partial charge is 0.338 e. The van der Waals surface area contributed by atoms with Crippen molar-refractivity contribution in [2.45, 2.75) is 32.2 Å². The molecule has 1 N–H and O–H groups in total. The van der Waals surface area contributed by atoms with E-state index in [0.717, 1.165) is 11.6 Å². The van der Waals surface area contributed by atoms with Crippen molar-refractivity contribution in [3.63, 3.8) is 0 Å². The summed E-state index contributed by atoms with van der Waals surface area (Å²) in [6.45, 7) is 4.85. The number of rotatable bonds is 5. The van der Waals surface area contributed by atoms with Crippen LogP contribution in [0.25, 0.3) is 0 Å². The van der Waals surface area contributed by atoms with Crippen molar-refractivity contribution in [1.29, 1.82) is 0 Å². The second-order valence-electron chi connectivity index (χ2n) is 3.07. The van der Waals surface area contributed by atoms with Gasteiger partial charge >= 0.3 is 0 Å². The van der Waals surface area contributed by atoms with Crippen molar-refractivity contribution in [3.05, 3.63) is 11.7 Å². The van der Waals surface area contributed by atoms with Crippen LogP contribution in [0.15, 0.2) is 4.52 Å². The van der Waals surface area contributed by atoms with E-state index in [9.17, 15) is 0 Å². The Balaban J connectivity index is 2.39. The zero-order valence-electron chi connectivity index (χ0n) is 8.20. The van der Waals surface area contributed by atoms with Crippen molar-refractivity contribution in [2.24, 2.45) is 0 Å². The Kier molecular flexibility index (Phi) is 4.24. The molecule has 5 heteroatoms. The average molecular weight is 201 g/mol. The Morgan fingerprint density at radius 2 is 2.31 bits per heavy atom.